The second-order valence-corrected chi connectivity index (χ2v) is 5.12. The number of amides is 1. The van der Waals surface area contributed by atoms with E-state index in [-0.39, 0.29) is 11.8 Å². The van der Waals surface area contributed by atoms with Gasteiger partial charge >= 0.3 is 0 Å². The van der Waals surface area contributed by atoms with Gasteiger partial charge in [-0.15, -0.1) is 0 Å². The van der Waals surface area contributed by atoms with Crippen LogP contribution < -0.4 is 5.32 Å². The number of carbonyl (C=O) groups is 1. The molecule has 1 amide bonds. The minimum Gasteiger partial charge on any atom is -0.310 e. The number of aromatic nitrogens is 1. The van der Waals surface area contributed by atoms with Gasteiger partial charge in [-0.3, -0.25) is 4.79 Å². The molecule has 90 valence electrons. The van der Waals surface area contributed by atoms with Crippen molar-refractivity contribution >= 4 is 11.7 Å². The summed E-state index contributed by atoms with van der Waals surface area (Å²) in [4.78, 5) is 15.7. The van der Waals surface area contributed by atoms with E-state index in [0.717, 1.165) is 12.3 Å². The largest absolute Gasteiger partial charge is 0.310 e. The van der Waals surface area contributed by atoms with Gasteiger partial charge in [0.05, 0.1) is 0 Å². The maximum absolute atomic E-state index is 12.9. The van der Waals surface area contributed by atoms with Crippen molar-refractivity contribution in [2.75, 3.05) is 5.32 Å². The van der Waals surface area contributed by atoms with Crippen molar-refractivity contribution in [2.24, 2.45) is 17.8 Å². The summed E-state index contributed by atoms with van der Waals surface area (Å²) in [7, 11) is 0. The Morgan fingerprint density at radius 1 is 1.35 bits per heavy atom. The number of carbonyl (C=O) groups excluding carboxylic acids is 1. The molecule has 3 atom stereocenters. The first-order valence-corrected chi connectivity index (χ1v) is 6.16. The highest BCUT2D eigenvalue weighted by atomic mass is 19.1. The van der Waals surface area contributed by atoms with E-state index in [1.807, 2.05) is 0 Å². The lowest BCUT2D eigenvalue weighted by molar-refractivity contribution is -0.121. The SMILES string of the molecule is O=C(Nc1cccc(F)n1)C1CC2CCC1C2. The van der Waals surface area contributed by atoms with E-state index >= 15 is 0 Å². The quantitative estimate of drug-likeness (QED) is 0.799. The third-order valence-corrected chi connectivity index (χ3v) is 4.04. The molecule has 0 aromatic carbocycles. The van der Waals surface area contributed by atoms with Crippen LogP contribution in [-0.2, 0) is 4.79 Å². The summed E-state index contributed by atoms with van der Waals surface area (Å²) in [5.74, 6) is 1.15. The molecule has 0 radical (unpaired) electrons. The Hall–Kier alpha value is -1.45. The summed E-state index contributed by atoms with van der Waals surface area (Å²) in [6.07, 6.45) is 4.62. The molecule has 2 aliphatic rings. The zero-order valence-corrected chi connectivity index (χ0v) is 9.53. The van der Waals surface area contributed by atoms with Gasteiger partial charge in [0.25, 0.3) is 0 Å². The molecule has 3 rings (SSSR count). The van der Waals surface area contributed by atoms with E-state index in [2.05, 4.69) is 10.3 Å². The molecule has 0 aliphatic heterocycles. The Kier molecular flexibility index (Phi) is 2.57. The van der Waals surface area contributed by atoms with E-state index < -0.39 is 5.95 Å². The van der Waals surface area contributed by atoms with E-state index in [1.165, 1.54) is 25.3 Å². The van der Waals surface area contributed by atoms with Crippen LogP contribution in [0.3, 0.4) is 0 Å². The predicted octanol–water partition coefficient (Wildman–Crippen LogP) is 2.60. The van der Waals surface area contributed by atoms with Gasteiger partial charge in [0.15, 0.2) is 0 Å². The number of hydrogen-bond acceptors (Lipinski definition) is 2. The first kappa shape index (κ1) is 10.7. The number of nitrogens with zero attached hydrogens (tertiary/aromatic N) is 1. The number of nitrogens with one attached hydrogen (secondary N) is 1. The highest BCUT2D eigenvalue weighted by molar-refractivity contribution is 5.92. The fourth-order valence-electron chi connectivity index (χ4n) is 3.26. The molecule has 4 heteroatoms. The minimum atomic E-state index is -0.559. The van der Waals surface area contributed by atoms with Crippen LogP contribution in [0.1, 0.15) is 25.7 Å². The smallest absolute Gasteiger partial charge is 0.228 e. The maximum atomic E-state index is 12.9. The molecule has 2 saturated carbocycles. The third kappa shape index (κ3) is 2.04. The highest BCUT2D eigenvalue weighted by Crippen LogP contribution is 2.48. The van der Waals surface area contributed by atoms with Crippen LogP contribution in [-0.4, -0.2) is 10.9 Å². The van der Waals surface area contributed by atoms with E-state index in [0.29, 0.717) is 11.7 Å². The average Bonchev–Trinajstić information content (AvgIpc) is 2.90. The van der Waals surface area contributed by atoms with Gasteiger partial charge in [-0.05, 0) is 43.2 Å². The van der Waals surface area contributed by atoms with E-state index in [4.69, 9.17) is 0 Å². The monoisotopic (exact) mass is 234 g/mol. The molecule has 0 saturated heterocycles. The lowest BCUT2D eigenvalue weighted by Gasteiger charge is -2.20. The molecule has 2 fully saturated rings. The molecule has 2 bridgehead atoms. The summed E-state index contributed by atoms with van der Waals surface area (Å²) < 4.78 is 12.9. The van der Waals surface area contributed by atoms with Gasteiger partial charge in [0.2, 0.25) is 11.9 Å². The third-order valence-electron chi connectivity index (χ3n) is 4.04. The van der Waals surface area contributed by atoms with Gasteiger partial charge in [-0.25, -0.2) is 4.98 Å². The molecule has 1 aromatic heterocycles. The normalized spacial score (nSPS) is 30.5. The summed E-state index contributed by atoms with van der Waals surface area (Å²) in [6.45, 7) is 0. The second-order valence-electron chi connectivity index (χ2n) is 5.12. The number of pyridine rings is 1. The lowest BCUT2D eigenvalue weighted by atomic mass is 9.88. The van der Waals surface area contributed by atoms with Crippen molar-refractivity contribution in [2.45, 2.75) is 25.7 Å². The molecule has 0 spiro atoms. The minimum absolute atomic E-state index is 0.00954. The van der Waals surface area contributed by atoms with Gasteiger partial charge in [-0.1, -0.05) is 12.5 Å². The Morgan fingerprint density at radius 2 is 2.24 bits per heavy atom. The average molecular weight is 234 g/mol. The fraction of sp³-hybridized carbons (Fsp3) is 0.538. The van der Waals surface area contributed by atoms with Crippen molar-refractivity contribution in [3.05, 3.63) is 24.1 Å². The number of hydrogen-bond donors (Lipinski definition) is 1. The topological polar surface area (TPSA) is 42.0 Å². The molecule has 1 N–H and O–H groups in total. The van der Waals surface area contributed by atoms with Crippen LogP contribution in [0.5, 0.6) is 0 Å². The van der Waals surface area contributed by atoms with Crippen molar-refractivity contribution < 1.29 is 9.18 Å². The number of anilines is 1. The van der Waals surface area contributed by atoms with E-state index in [9.17, 15) is 9.18 Å². The van der Waals surface area contributed by atoms with Gasteiger partial charge in [0.1, 0.15) is 5.82 Å². The van der Waals surface area contributed by atoms with E-state index in [1.54, 1.807) is 12.1 Å². The Morgan fingerprint density at radius 3 is 2.88 bits per heavy atom. The summed E-state index contributed by atoms with van der Waals surface area (Å²) in [5, 5.41) is 2.72. The molecule has 2 aliphatic carbocycles. The zero-order chi connectivity index (χ0) is 11.8. The first-order chi connectivity index (χ1) is 8.22. The molecular formula is C13H15FN2O. The lowest BCUT2D eigenvalue weighted by Crippen LogP contribution is -2.27. The zero-order valence-electron chi connectivity index (χ0n) is 9.53. The van der Waals surface area contributed by atoms with Crippen LogP contribution in [0, 0.1) is 23.7 Å². The van der Waals surface area contributed by atoms with Crippen LogP contribution in [0.15, 0.2) is 18.2 Å². The first-order valence-electron chi connectivity index (χ1n) is 6.16. The Labute approximate surface area is 99.4 Å². The van der Waals surface area contributed by atoms with Gasteiger partial charge in [-0.2, -0.15) is 4.39 Å². The number of fused-ring (bicyclic) bond motifs is 2. The fourth-order valence-corrected chi connectivity index (χ4v) is 3.26. The maximum Gasteiger partial charge on any atom is 0.228 e. The predicted molar refractivity (Wildman–Crippen MR) is 61.8 cm³/mol. The van der Waals surface area contributed by atoms with Crippen LogP contribution in [0.25, 0.3) is 0 Å². The Bertz CT molecular complexity index is 449. The number of rotatable bonds is 2. The summed E-state index contributed by atoms with van der Waals surface area (Å²) >= 11 is 0. The highest BCUT2D eigenvalue weighted by Gasteiger charge is 2.43. The molecule has 3 unspecified atom stereocenters. The molecule has 17 heavy (non-hydrogen) atoms. The van der Waals surface area contributed by atoms with Crippen LogP contribution in [0.4, 0.5) is 10.2 Å². The molecular weight excluding hydrogens is 219 g/mol. The van der Waals surface area contributed by atoms with Crippen molar-refractivity contribution in [3.8, 4) is 0 Å². The van der Waals surface area contributed by atoms with Crippen molar-refractivity contribution in [3.63, 3.8) is 0 Å². The number of halogens is 1. The van der Waals surface area contributed by atoms with Gasteiger partial charge < -0.3 is 5.32 Å². The van der Waals surface area contributed by atoms with Crippen LogP contribution in [0.2, 0.25) is 0 Å². The van der Waals surface area contributed by atoms with Crippen LogP contribution >= 0.6 is 0 Å². The summed E-state index contributed by atoms with van der Waals surface area (Å²) in [5.41, 5.74) is 0. The standard InChI is InChI=1S/C13H15FN2O/c14-11-2-1-3-12(15-11)16-13(17)10-7-8-4-5-9(10)6-8/h1-3,8-10H,4-7H2,(H,15,16,17). The second kappa shape index (κ2) is 4.09. The molecule has 3 nitrogen and oxygen atoms in total. The molecule has 1 heterocycles. The Balaban J connectivity index is 1.68. The van der Waals surface area contributed by atoms with Crippen molar-refractivity contribution in [1.29, 1.82) is 0 Å². The molecule has 1 aromatic rings. The van der Waals surface area contributed by atoms with Crippen molar-refractivity contribution in [1.82, 2.24) is 4.98 Å². The summed E-state index contributed by atoms with van der Waals surface area (Å²) in [6, 6.07) is 4.44. The van der Waals surface area contributed by atoms with Gasteiger partial charge in [0, 0.05) is 5.92 Å².